The van der Waals surface area contributed by atoms with Crippen LogP contribution < -0.4 is 5.32 Å². The van der Waals surface area contributed by atoms with Crippen molar-refractivity contribution in [2.45, 2.75) is 31.2 Å². The molecule has 0 fully saturated rings. The van der Waals surface area contributed by atoms with Crippen molar-refractivity contribution >= 4 is 40.2 Å². The molecule has 0 aliphatic carbocycles. The molecule has 1 aromatic heterocycles. The molecule has 1 atom stereocenters. The first-order chi connectivity index (χ1) is 14.1. The normalized spacial score (nSPS) is 15.3. The van der Waals surface area contributed by atoms with Gasteiger partial charge in [-0.15, -0.1) is 11.8 Å². The molecule has 4 rings (SSSR count). The van der Waals surface area contributed by atoms with Crippen molar-refractivity contribution in [1.82, 2.24) is 9.47 Å². The van der Waals surface area contributed by atoms with Gasteiger partial charge in [0.2, 0.25) is 11.8 Å². The summed E-state index contributed by atoms with van der Waals surface area (Å²) in [6.45, 7) is 5.74. The average molecular weight is 408 g/mol. The smallest absolute Gasteiger partial charge is 0.242 e. The van der Waals surface area contributed by atoms with E-state index < -0.39 is 0 Å². The second-order valence-corrected chi connectivity index (χ2v) is 8.24. The lowest BCUT2D eigenvalue weighted by molar-refractivity contribution is -0.131. The molecule has 1 N–H and O–H groups in total. The molecule has 1 unspecified atom stereocenters. The van der Waals surface area contributed by atoms with E-state index in [0.29, 0.717) is 19.6 Å². The molecular weight excluding hydrogens is 382 g/mol. The summed E-state index contributed by atoms with van der Waals surface area (Å²) >= 11 is 1.73. The molecule has 1 aliphatic heterocycles. The Balaban J connectivity index is 1.49. The fourth-order valence-corrected chi connectivity index (χ4v) is 5.08. The van der Waals surface area contributed by atoms with E-state index in [1.165, 1.54) is 4.90 Å². The molecule has 5 nitrogen and oxygen atoms in total. The zero-order chi connectivity index (χ0) is 20.4. The number of anilines is 1. The third kappa shape index (κ3) is 3.90. The molecule has 2 amide bonds. The summed E-state index contributed by atoms with van der Waals surface area (Å²) < 4.78 is 1.96. The summed E-state index contributed by atoms with van der Waals surface area (Å²) in [6, 6.07) is 15.9. The minimum Gasteiger partial charge on any atom is -0.342 e. The highest BCUT2D eigenvalue weighted by molar-refractivity contribution is 7.99. The van der Waals surface area contributed by atoms with Gasteiger partial charge in [0.1, 0.15) is 6.54 Å². The summed E-state index contributed by atoms with van der Waals surface area (Å²) in [5, 5.41) is 4.08. The first-order valence-corrected chi connectivity index (χ1v) is 11.0. The summed E-state index contributed by atoms with van der Waals surface area (Å²) in [7, 11) is 0. The largest absolute Gasteiger partial charge is 0.342 e. The van der Waals surface area contributed by atoms with Crippen LogP contribution in [0.4, 0.5) is 5.69 Å². The van der Waals surface area contributed by atoms with Crippen molar-refractivity contribution in [1.29, 1.82) is 0 Å². The predicted octanol–water partition coefficient (Wildman–Crippen LogP) is 4.34. The molecule has 3 aromatic rings. The van der Waals surface area contributed by atoms with Gasteiger partial charge in [0.15, 0.2) is 0 Å². The van der Waals surface area contributed by atoms with Gasteiger partial charge in [-0.1, -0.05) is 18.2 Å². The Morgan fingerprint density at radius 2 is 1.93 bits per heavy atom. The molecule has 29 heavy (non-hydrogen) atoms. The highest BCUT2D eigenvalue weighted by atomic mass is 32.2. The Labute approximate surface area is 175 Å². The fraction of sp³-hybridized carbons (Fsp3) is 0.304. The number of hydrogen-bond donors (Lipinski definition) is 1. The van der Waals surface area contributed by atoms with Gasteiger partial charge in [-0.3, -0.25) is 9.59 Å². The van der Waals surface area contributed by atoms with Crippen molar-refractivity contribution in [2.24, 2.45) is 0 Å². The van der Waals surface area contributed by atoms with Crippen LogP contribution in [0.15, 0.2) is 59.6 Å². The highest BCUT2D eigenvalue weighted by Gasteiger charge is 2.29. The third-order valence-corrected chi connectivity index (χ3v) is 6.66. The summed E-state index contributed by atoms with van der Waals surface area (Å²) in [6.07, 6.45) is 1.93. The van der Waals surface area contributed by atoms with E-state index in [-0.39, 0.29) is 17.7 Å². The highest BCUT2D eigenvalue weighted by Crippen LogP contribution is 2.39. The van der Waals surface area contributed by atoms with Crippen LogP contribution in [0.1, 0.15) is 25.3 Å². The molecule has 0 saturated carbocycles. The predicted molar refractivity (Wildman–Crippen MR) is 118 cm³/mol. The van der Waals surface area contributed by atoms with Crippen LogP contribution in [-0.4, -0.2) is 40.1 Å². The van der Waals surface area contributed by atoms with Crippen molar-refractivity contribution in [3.05, 3.63) is 60.3 Å². The maximum Gasteiger partial charge on any atom is 0.242 e. The maximum atomic E-state index is 12.8. The van der Waals surface area contributed by atoms with Gasteiger partial charge in [-0.25, -0.2) is 0 Å². The number of thioether (sulfide) groups is 1. The molecule has 0 bridgehead atoms. The number of aromatic nitrogens is 1. The van der Waals surface area contributed by atoms with E-state index in [2.05, 4.69) is 11.4 Å². The zero-order valence-corrected chi connectivity index (χ0v) is 17.5. The van der Waals surface area contributed by atoms with Gasteiger partial charge in [-0.2, -0.15) is 0 Å². The molecule has 1 aliphatic rings. The average Bonchev–Trinajstić information content (AvgIpc) is 3.33. The topological polar surface area (TPSA) is 54.3 Å². The van der Waals surface area contributed by atoms with Crippen molar-refractivity contribution in [3.63, 3.8) is 0 Å². The van der Waals surface area contributed by atoms with Crippen molar-refractivity contribution < 1.29 is 9.59 Å². The van der Waals surface area contributed by atoms with E-state index in [1.807, 2.05) is 72.0 Å². The summed E-state index contributed by atoms with van der Waals surface area (Å²) in [5.41, 5.74) is 2.88. The Kier molecular flexibility index (Phi) is 5.62. The molecule has 6 heteroatoms. The number of benzene rings is 2. The number of rotatable bonds is 6. The van der Waals surface area contributed by atoms with Crippen molar-refractivity contribution in [3.8, 4) is 0 Å². The molecule has 0 spiro atoms. The molecule has 2 heterocycles. The first-order valence-electron chi connectivity index (χ1n) is 10.00. The van der Waals surface area contributed by atoms with Crippen LogP contribution in [0.25, 0.3) is 10.9 Å². The molecule has 0 radical (unpaired) electrons. The number of amides is 2. The zero-order valence-electron chi connectivity index (χ0n) is 16.7. The summed E-state index contributed by atoms with van der Waals surface area (Å²) in [4.78, 5) is 28.3. The van der Waals surface area contributed by atoms with Crippen LogP contribution in [0, 0.1) is 0 Å². The van der Waals surface area contributed by atoms with Crippen LogP contribution in [0.3, 0.4) is 0 Å². The number of fused-ring (bicyclic) bond motifs is 2. The number of carbonyl (C=O) groups excluding carboxylic acids is 2. The molecule has 0 saturated heterocycles. The monoisotopic (exact) mass is 407 g/mol. The van der Waals surface area contributed by atoms with Gasteiger partial charge >= 0.3 is 0 Å². The van der Waals surface area contributed by atoms with Gasteiger partial charge < -0.3 is 14.8 Å². The van der Waals surface area contributed by atoms with E-state index in [9.17, 15) is 9.59 Å². The van der Waals surface area contributed by atoms with Crippen LogP contribution in [-0.2, 0) is 16.1 Å². The minimum atomic E-state index is -0.122. The Hall–Kier alpha value is -2.73. The van der Waals surface area contributed by atoms with E-state index in [0.717, 1.165) is 27.9 Å². The number of nitrogens with zero attached hydrogens (tertiary/aromatic N) is 2. The third-order valence-electron chi connectivity index (χ3n) is 5.48. The van der Waals surface area contributed by atoms with E-state index in [4.69, 9.17) is 0 Å². The lowest BCUT2D eigenvalue weighted by Crippen LogP contribution is -2.33. The van der Waals surface area contributed by atoms with Gasteiger partial charge in [0.25, 0.3) is 0 Å². The number of likely N-dealkylation sites (N-methyl/N-ethyl adjacent to an activating group) is 1. The second-order valence-electron chi connectivity index (χ2n) is 7.17. The van der Waals surface area contributed by atoms with Crippen LogP contribution >= 0.6 is 11.8 Å². The van der Waals surface area contributed by atoms with E-state index in [1.54, 1.807) is 11.8 Å². The van der Waals surface area contributed by atoms with Gasteiger partial charge in [0.05, 0.1) is 5.92 Å². The minimum absolute atomic E-state index is 0.0259. The van der Waals surface area contributed by atoms with Gasteiger partial charge in [0, 0.05) is 46.5 Å². The first kappa shape index (κ1) is 19.6. The Morgan fingerprint density at radius 1 is 1.14 bits per heavy atom. The molecular formula is C23H25N3O2S. The van der Waals surface area contributed by atoms with Crippen LogP contribution in [0.2, 0.25) is 0 Å². The van der Waals surface area contributed by atoms with Crippen LogP contribution in [0.5, 0.6) is 0 Å². The quantitative estimate of drug-likeness (QED) is 0.661. The Morgan fingerprint density at radius 3 is 2.72 bits per heavy atom. The van der Waals surface area contributed by atoms with Crippen molar-refractivity contribution in [2.75, 3.05) is 24.2 Å². The number of carbonyl (C=O) groups is 2. The summed E-state index contributed by atoms with van der Waals surface area (Å²) in [5.74, 6) is 0.792. The second kappa shape index (κ2) is 8.33. The van der Waals surface area contributed by atoms with Gasteiger partial charge in [-0.05, 0) is 49.7 Å². The number of hydrogen-bond acceptors (Lipinski definition) is 3. The van der Waals surface area contributed by atoms with E-state index >= 15 is 0 Å². The number of nitrogens with one attached hydrogen (secondary N) is 1. The molecule has 2 aromatic carbocycles. The fourth-order valence-electron chi connectivity index (χ4n) is 3.85. The molecule has 150 valence electrons. The lowest BCUT2D eigenvalue weighted by atomic mass is 10.0. The standard InChI is InChI=1S/C23H25N3O2S/c1-3-25(4-2)22(27)14-26-12-11-16-13-17(9-10-20(16)26)24-23(28)19-15-29-21-8-6-5-7-18(19)21/h5-13,19H,3-4,14-15H2,1-2H3,(H,24,28). The maximum absolute atomic E-state index is 12.8. The Bertz CT molecular complexity index is 1060. The lowest BCUT2D eigenvalue weighted by Gasteiger charge is -2.19. The SMILES string of the molecule is CCN(CC)C(=O)Cn1ccc2cc(NC(=O)C3CSc4ccccc43)ccc21.